The Morgan fingerprint density at radius 1 is 0.939 bits per heavy atom. The number of aryl methyl sites for hydroxylation is 2. The molecule has 0 bridgehead atoms. The standard InChI is InChI=1S/C27H29FN2O2S/c1-3-16-29(26(31)14-11-22-7-5-4-6-8-22)20-27(32)30(19-25-21(2)15-17-33-25)18-23-9-12-24(28)13-10-23/h3-10,12-13,15,17H,1,11,14,16,18-20H2,2H3. The van der Waals surface area contributed by atoms with Crippen LogP contribution in [0.2, 0.25) is 0 Å². The summed E-state index contributed by atoms with van der Waals surface area (Å²) in [4.78, 5) is 30.6. The first-order chi connectivity index (χ1) is 16.0. The van der Waals surface area contributed by atoms with Crippen molar-refractivity contribution in [3.63, 3.8) is 0 Å². The summed E-state index contributed by atoms with van der Waals surface area (Å²) in [7, 11) is 0. The van der Waals surface area contributed by atoms with E-state index in [1.165, 1.54) is 12.1 Å². The Balaban J connectivity index is 1.71. The van der Waals surface area contributed by atoms with Crippen molar-refractivity contribution in [1.29, 1.82) is 0 Å². The first kappa shape index (κ1) is 24.4. The molecule has 0 aliphatic heterocycles. The number of amides is 2. The minimum atomic E-state index is -0.313. The number of thiophene rings is 1. The van der Waals surface area contributed by atoms with Gasteiger partial charge in [0, 0.05) is 24.4 Å². The van der Waals surface area contributed by atoms with Crippen molar-refractivity contribution in [2.45, 2.75) is 32.9 Å². The number of hydrogen-bond acceptors (Lipinski definition) is 3. The van der Waals surface area contributed by atoms with E-state index in [0.29, 0.717) is 32.5 Å². The maximum Gasteiger partial charge on any atom is 0.242 e. The Kier molecular flexibility index (Phi) is 8.95. The van der Waals surface area contributed by atoms with Crippen LogP contribution in [0.3, 0.4) is 0 Å². The fourth-order valence-electron chi connectivity index (χ4n) is 3.51. The summed E-state index contributed by atoms with van der Waals surface area (Å²) in [6.07, 6.45) is 2.59. The van der Waals surface area contributed by atoms with Gasteiger partial charge >= 0.3 is 0 Å². The van der Waals surface area contributed by atoms with E-state index in [0.717, 1.165) is 21.6 Å². The molecule has 0 saturated carbocycles. The average Bonchev–Trinajstić information content (AvgIpc) is 3.23. The number of carbonyl (C=O) groups is 2. The molecule has 0 atom stereocenters. The van der Waals surface area contributed by atoms with Gasteiger partial charge in [0.2, 0.25) is 11.8 Å². The lowest BCUT2D eigenvalue weighted by Gasteiger charge is -2.27. The van der Waals surface area contributed by atoms with E-state index in [1.807, 2.05) is 48.7 Å². The van der Waals surface area contributed by atoms with Gasteiger partial charge in [-0.05, 0) is 53.6 Å². The van der Waals surface area contributed by atoms with Crippen molar-refractivity contribution >= 4 is 23.2 Å². The minimum Gasteiger partial charge on any atom is -0.332 e. The van der Waals surface area contributed by atoms with Crippen LogP contribution >= 0.6 is 11.3 Å². The molecule has 4 nitrogen and oxygen atoms in total. The Morgan fingerprint density at radius 3 is 2.30 bits per heavy atom. The zero-order valence-corrected chi connectivity index (χ0v) is 19.7. The maximum atomic E-state index is 13.3. The molecule has 0 spiro atoms. The van der Waals surface area contributed by atoms with Gasteiger partial charge in [-0.3, -0.25) is 9.59 Å². The highest BCUT2D eigenvalue weighted by molar-refractivity contribution is 7.10. The van der Waals surface area contributed by atoms with Crippen LogP contribution in [0.25, 0.3) is 0 Å². The second-order valence-corrected chi connectivity index (χ2v) is 8.95. The number of rotatable bonds is 11. The van der Waals surface area contributed by atoms with E-state index in [-0.39, 0.29) is 24.2 Å². The molecular weight excluding hydrogens is 435 g/mol. The molecule has 0 saturated heterocycles. The molecule has 2 amide bonds. The lowest BCUT2D eigenvalue weighted by molar-refractivity contribution is -0.140. The molecule has 33 heavy (non-hydrogen) atoms. The summed E-state index contributed by atoms with van der Waals surface area (Å²) >= 11 is 1.60. The molecule has 0 fully saturated rings. The maximum absolute atomic E-state index is 13.3. The van der Waals surface area contributed by atoms with Gasteiger partial charge in [-0.15, -0.1) is 17.9 Å². The van der Waals surface area contributed by atoms with Crippen LogP contribution in [0.4, 0.5) is 4.39 Å². The van der Waals surface area contributed by atoms with Gasteiger partial charge in [0.05, 0.1) is 6.54 Å². The second-order valence-electron chi connectivity index (χ2n) is 7.95. The van der Waals surface area contributed by atoms with Crippen LogP contribution in [0.1, 0.15) is 28.0 Å². The molecule has 3 aromatic rings. The first-order valence-electron chi connectivity index (χ1n) is 10.9. The van der Waals surface area contributed by atoms with Gasteiger partial charge in [0.1, 0.15) is 12.4 Å². The fraction of sp³-hybridized carbons (Fsp3) is 0.259. The Labute approximate surface area is 199 Å². The van der Waals surface area contributed by atoms with Crippen LogP contribution in [-0.2, 0) is 29.1 Å². The molecule has 0 N–H and O–H groups in total. The summed E-state index contributed by atoms with van der Waals surface area (Å²) in [6, 6.07) is 18.0. The van der Waals surface area contributed by atoms with Crippen molar-refractivity contribution < 1.29 is 14.0 Å². The smallest absolute Gasteiger partial charge is 0.242 e. The van der Waals surface area contributed by atoms with Crippen LogP contribution < -0.4 is 0 Å². The van der Waals surface area contributed by atoms with Gasteiger partial charge < -0.3 is 9.80 Å². The molecule has 3 rings (SSSR count). The molecule has 1 heterocycles. The average molecular weight is 465 g/mol. The van der Waals surface area contributed by atoms with Crippen molar-refractivity contribution in [1.82, 2.24) is 9.80 Å². The highest BCUT2D eigenvalue weighted by atomic mass is 32.1. The first-order valence-corrected chi connectivity index (χ1v) is 11.8. The zero-order valence-electron chi connectivity index (χ0n) is 18.9. The minimum absolute atomic E-state index is 0.0226. The molecule has 0 aliphatic carbocycles. The fourth-order valence-corrected chi connectivity index (χ4v) is 4.43. The third kappa shape index (κ3) is 7.39. The number of halogens is 1. The predicted octanol–water partition coefficient (Wildman–Crippen LogP) is 5.37. The van der Waals surface area contributed by atoms with Crippen LogP contribution in [0.15, 0.2) is 78.7 Å². The Hall–Kier alpha value is -3.25. The third-order valence-corrected chi connectivity index (χ3v) is 6.45. The van der Waals surface area contributed by atoms with Crippen molar-refractivity contribution in [3.8, 4) is 0 Å². The molecule has 1 aromatic heterocycles. The highest BCUT2D eigenvalue weighted by Crippen LogP contribution is 2.20. The van der Waals surface area contributed by atoms with E-state index in [9.17, 15) is 14.0 Å². The van der Waals surface area contributed by atoms with Crippen molar-refractivity contribution in [2.75, 3.05) is 13.1 Å². The molecular formula is C27H29FN2O2S. The lowest BCUT2D eigenvalue weighted by Crippen LogP contribution is -2.42. The van der Waals surface area contributed by atoms with E-state index in [2.05, 4.69) is 6.58 Å². The van der Waals surface area contributed by atoms with E-state index < -0.39 is 0 Å². The van der Waals surface area contributed by atoms with E-state index >= 15 is 0 Å². The summed E-state index contributed by atoms with van der Waals surface area (Å²) in [6.45, 7) is 6.84. The monoisotopic (exact) mass is 464 g/mol. The van der Waals surface area contributed by atoms with Gasteiger partial charge in [-0.1, -0.05) is 48.5 Å². The molecule has 6 heteroatoms. The second kappa shape index (κ2) is 12.1. The van der Waals surface area contributed by atoms with E-state index in [1.54, 1.807) is 39.3 Å². The summed E-state index contributed by atoms with van der Waals surface area (Å²) in [5, 5.41) is 2.00. The molecule has 2 aromatic carbocycles. The van der Waals surface area contributed by atoms with Gasteiger partial charge in [0.15, 0.2) is 0 Å². The number of hydrogen-bond donors (Lipinski definition) is 0. The van der Waals surface area contributed by atoms with Crippen molar-refractivity contribution in [3.05, 3.63) is 106 Å². The molecule has 0 radical (unpaired) electrons. The number of carbonyl (C=O) groups excluding carboxylic acids is 2. The quantitative estimate of drug-likeness (QED) is 0.358. The zero-order chi connectivity index (χ0) is 23.6. The largest absolute Gasteiger partial charge is 0.332 e. The molecule has 172 valence electrons. The van der Waals surface area contributed by atoms with Gasteiger partial charge in [-0.25, -0.2) is 4.39 Å². The van der Waals surface area contributed by atoms with Crippen molar-refractivity contribution in [2.24, 2.45) is 0 Å². The number of benzene rings is 2. The molecule has 0 unspecified atom stereocenters. The topological polar surface area (TPSA) is 40.6 Å². The summed E-state index contributed by atoms with van der Waals surface area (Å²) < 4.78 is 13.3. The SMILES string of the molecule is C=CCN(CC(=O)N(Cc1ccc(F)cc1)Cc1sccc1C)C(=O)CCc1ccccc1. The number of nitrogens with zero attached hydrogens (tertiary/aromatic N) is 2. The van der Waals surface area contributed by atoms with Crippen LogP contribution in [0, 0.1) is 12.7 Å². The van der Waals surface area contributed by atoms with E-state index in [4.69, 9.17) is 0 Å². The molecule has 0 aliphatic rings. The van der Waals surface area contributed by atoms with Crippen LogP contribution in [0.5, 0.6) is 0 Å². The summed E-state index contributed by atoms with van der Waals surface area (Å²) in [5.74, 6) is -0.546. The normalized spacial score (nSPS) is 10.6. The Morgan fingerprint density at radius 2 is 1.67 bits per heavy atom. The Bertz CT molecular complexity index is 1060. The van der Waals surface area contributed by atoms with Crippen LogP contribution in [-0.4, -0.2) is 34.7 Å². The predicted molar refractivity (Wildman–Crippen MR) is 131 cm³/mol. The summed E-state index contributed by atoms with van der Waals surface area (Å²) in [5.41, 5.74) is 3.05. The van der Waals surface area contributed by atoms with Gasteiger partial charge in [0.25, 0.3) is 0 Å². The lowest BCUT2D eigenvalue weighted by atomic mass is 10.1. The highest BCUT2D eigenvalue weighted by Gasteiger charge is 2.22. The van der Waals surface area contributed by atoms with Gasteiger partial charge in [-0.2, -0.15) is 0 Å². The third-order valence-electron chi connectivity index (χ3n) is 5.44.